The van der Waals surface area contributed by atoms with E-state index < -0.39 is 53.2 Å². The van der Waals surface area contributed by atoms with E-state index in [0.29, 0.717) is 32.2 Å². The van der Waals surface area contributed by atoms with Crippen molar-refractivity contribution in [2.24, 2.45) is 11.8 Å². The number of likely N-dealkylation sites (N-methyl/N-ethyl adjacent to an activating group) is 2. The molecule has 12 nitrogen and oxygen atoms in total. The normalized spacial score (nSPS) is 19.0. The van der Waals surface area contributed by atoms with Crippen LogP contribution in [0.25, 0.3) is 0 Å². The molecule has 0 spiro atoms. The fourth-order valence-electron chi connectivity index (χ4n) is 7.52. The van der Waals surface area contributed by atoms with Gasteiger partial charge < -0.3 is 35.0 Å². The number of nitrogens with zero attached hydrogens (tertiary/aromatic N) is 3. The highest BCUT2D eigenvalue weighted by molar-refractivity contribution is 7.09. The summed E-state index contributed by atoms with van der Waals surface area (Å²) in [6.45, 7) is 12.8. The van der Waals surface area contributed by atoms with Crippen molar-refractivity contribution < 1.29 is 33.8 Å². The van der Waals surface area contributed by atoms with Crippen molar-refractivity contribution in [3.05, 3.63) is 52.5 Å². The lowest BCUT2D eigenvalue weighted by molar-refractivity contribution is -0.151. The average molecular weight is 772 g/mol. The van der Waals surface area contributed by atoms with Gasteiger partial charge in [0, 0.05) is 57.6 Å². The molecule has 1 aromatic heterocycles. The van der Waals surface area contributed by atoms with Crippen LogP contribution in [0.1, 0.15) is 97.1 Å². The van der Waals surface area contributed by atoms with Crippen molar-refractivity contribution >= 4 is 34.8 Å². The number of hydrogen-bond donors (Lipinski definition) is 3. The Bertz CT molecular complexity index is 1500. The molecule has 3 N–H and O–H groups in total. The van der Waals surface area contributed by atoms with Crippen LogP contribution in [-0.2, 0) is 35.1 Å². The summed E-state index contributed by atoms with van der Waals surface area (Å²) in [5.41, 5.74) is -1.43. The molecule has 3 rings (SSSR count). The molecule has 2 aromatic rings. The van der Waals surface area contributed by atoms with Crippen molar-refractivity contribution in [1.82, 2.24) is 25.4 Å². The van der Waals surface area contributed by atoms with Crippen LogP contribution in [0.4, 0.5) is 0 Å². The second kappa shape index (κ2) is 20.1. The van der Waals surface area contributed by atoms with Crippen LogP contribution < -0.4 is 10.6 Å². The van der Waals surface area contributed by atoms with Gasteiger partial charge in [-0.05, 0) is 65.5 Å². The molecule has 2 heterocycles. The standard InChI is InChI=1S/C41H65N5O7S/c1-12-26(2)34(45(9)38(49)36(41(6,7)51)44-39(50)40(4,5)42-8)32(52-10)25-33(48)46-21-16-19-30(46)35(53-11)27(3)31(47)24-29(37-43-20-22-54-37)23-28-17-14-13-15-18-28/h13-15,17-18,20,22,26-27,29-30,32,34-36,42,51H,12,16,19,21,23-25H2,1-11H3,(H,44,50)/t26-,27-,29+,30-,32+,34-,35+,36+/m0/s1. The quantitative estimate of drug-likeness (QED) is 0.166. The number of carbonyl (C=O) groups is 4. The van der Waals surface area contributed by atoms with Crippen LogP contribution in [0.15, 0.2) is 41.9 Å². The third-order valence-electron chi connectivity index (χ3n) is 11.3. The van der Waals surface area contributed by atoms with E-state index >= 15 is 0 Å². The molecule has 0 aliphatic carbocycles. The van der Waals surface area contributed by atoms with Crippen LogP contribution in [0.2, 0.25) is 0 Å². The number of methoxy groups -OCH3 is 2. The van der Waals surface area contributed by atoms with Gasteiger partial charge in [0.15, 0.2) is 0 Å². The molecule has 1 fully saturated rings. The van der Waals surface area contributed by atoms with Gasteiger partial charge in [0.25, 0.3) is 0 Å². The topological polar surface area (TPSA) is 150 Å². The molecule has 1 aliphatic heterocycles. The van der Waals surface area contributed by atoms with Gasteiger partial charge >= 0.3 is 0 Å². The minimum Gasteiger partial charge on any atom is -0.388 e. The first-order valence-electron chi connectivity index (χ1n) is 19.2. The zero-order chi connectivity index (χ0) is 40.4. The number of aromatic nitrogens is 1. The predicted octanol–water partition coefficient (Wildman–Crippen LogP) is 4.60. The Balaban J connectivity index is 1.81. The fraction of sp³-hybridized carbons (Fsp3) is 0.683. The Labute approximate surface area is 326 Å². The number of ether oxygens (including phenoxy) is 2. The third-order valence-corrected chi connectivity index (χ3v) is 12.3. The van der Waals surface area contributed by atoms with E-state index in [2.05, 4.69) is 27.8 Å². The van der Waals surface area contributed by atoms with E-state index in [0.717, 1.165) is 17.0 Å². The number of benzene rings is 1. The number of likely N-dealkylation sites (tertiary alicyclic amines) is 1. The first-order chi connectivity index (χ1) is 25.4. The second-order valence-corrected chi connectivity index (χ2v) is 16.9. The molecule has 0 bridgehead atoms. The van der Waals surface area contributed by atoms with Crippen molar-refractivity contribution in [3.63, 3.8) is 0 Å². The van der Waals surface area contributed by atoms with Gasteiger partial charge in [-0.1, -0.05) is 57.5 Å². The third kappa shape index (κ3) is 11.4. The number of rotatable bonds is 21. The van der Waals surface area contributed by atoms with Gasteiger partial charge in [-0.3, -0.25) is 19.2 Å². The highest BCUT2D eigenvalue weighted by Gasteiger charge is 2.45. The molecule has 0 saturated carbocycles. The molecule has 1 aromatic carbocycles. The van der Waals surface area contributed by atoms with Crippen molar-refractivity contribution in [2.45, 2.75) is 134 Å². The van der Waals surface area contributed by atoms with Crippen molar-refractivity contribution in [2.75, 3.05) is 34.9 Å². The Hall–Kier alpha value is -3.23. The Morgan fingerprint density at radius 1 is 1.07 bits per heavy atom. The van der Waals surface area contributed by atoms with Gasteiger partial charge in [-0.25, -0.2) is 4.98 Å². The molecular formula is C41H65N5O7S. The maximum Gasteiger partial charge on any atom is 0.248 e. The van der Waals surface area contributed by atoms with Gasteiger partial charge in [0.2, 0.25) is 17.7 Å². The minimum absolute atomic E-state index is 0.00604. The average Bonchev–Trinajstić information content (AvgIpc) is 3.86. The molecule has 13 heteroatoms. The number of nitrogens with one attached hydrogen (secondary N) is 2. The summed E-state index contributed by atoms with van der Waals surface area (Å²) in [6.07, 6.45) is 3.73. The van der Waals surface area contributed by atoms with E-state index in [1.165, 1.54) is 25.9 Å². The Morgan fingerprint density at radius 2 is 1.74 bits per heavy atom. The van der Waals surface area contributed by atoms with E-state index in [1.807, 2.05) is 49.3 Å². The molecule has 1 aliphatic rings. The van der Waals surface area contributed by atoms with Gasteiger partial charge in [0.1, 0.15) is 11.8 Å². The summed E-state index contributed by atoms with van der Waals surface area (Å²) in [5.74, 6) is -1.64. The summed E-state index contributed by atoms with van der Waals surface area (Å²) >= 11 is 1.55. The van der Waals surface area contributed by atoms with Crippen LogP contribution in [0.3, 0.4) is 0 Å². The first-order valence-corrected chi connectivity index (χ1v) is 20.1. The van der Waals surface area contributed by atoms with Gasteiger partial charge in [0.05, 0.1) is 46.9 Å². The number of Topliss-reactive ketones (excluding diaryl/α,β-unsaturated/α-hetero) is 1. The van der Waals surface area contributed by atoms with Crippen LogP contribution in [0.5, 0.6) is 0 Å². The highest BCUT2D eigenvalue weighted by Crippen LogP contribution is 2.33. The monoisotopic (exact) mass is 771 g/mol. The number of carbonyl (C=O) groups excluding carboxylic acids is 4. The van der Waals surface area contributed by atoms with Gasteiger partial charge in [-0.15, -0.1) is 11.3 Å². The summed E-state index contributed by atoms with van der Waals surface area (Å²) in [7, 11) is 6.42. The minimum atomic E-state index is -1.59. The molecule has 302 valence electrons. The summed E-state index contributed by atoms with van der Waals surface area (Å²) in [6, 6.07) is 7.99. The smallest absolute Gasteiger partial charge is 0.248 e. The molecule has 8 atom stereocenters. The summed E-state index contributed by atoms with van der Waals surface area (Å²) in [4.78, 5) is 63.4. The lowest BCUT2D eigenvalue weighted by Gasteiger charge is -2.42. The predicted molar refractivity (Wildman–Crippen MR) is 212 cm³/mol. The highest BCUT2D eigenvalue weighted by atomic mass is 32.1. The molecule has 3 amide bonds. The maximum atomic E-state index is 14.3. The van der Waals surface area contributed by atoms with Crippen molar-refractivity contribution in [1.29, 1.82) is 0 Å². The number of thiazole rings is 1. The van der Waals surface area contributed by atoms with Crippen LogP contribution in [0, 0.1) is 11.8 Å². The van der Waals surface area contributed by atoms with E-state index in [-0.39, 0.29) is 36.0 Å². The molecule has 1 saturated heterocycles. The molecular weight excluding hydrogens is 707 g/mol. The van der Waals surface area contributed by atoms with Crippen LogP contribution in [-0.4, -0.2) is 120 Å². The zero-order valence-corrected chi connectivity index (χ0v) is 35.1. The zero-order valence-electron chi connectivity index (χ0n) is 34.3. The molecule has 54 heavy (non-hydrogen) atoms. The second-order valence-electron chi connectivity index (χ2n) is 16.0. The maximum absolute atomic E-state index is 14.3. The van der Waals surface area contributed by atoms with E-state index in [1.54, 1.807) is 52.6 Å². The Kier molecular flexibility index (Phi) is 16.8. The van der Waals surface area contributed by atoms with E-state index in [9.17, 15) is 24.3 Å². The lowest BCUT2D eigenvalue weighted by Crippen LogP contribution is -2.65. The van der Waals surface area contributed by atoms with E-state index in [4.69, 9.17) is 9.47 Å². The Morgan fingerprint density at radius 3 is 2.28 bits per heavy atom. The summed E-state index contributed by atoms with van der Waals surface area (Å²) < 4.78 is 12.0. The largest absolute Gasteiger partial charge is 0.388 e. The number of aliphatic hydroxyl groups is 1. The number of hydrogen-bond acceptors (Lipinski definition) is 10. The van der Waals surface area contributed by atoms with Crippen LogP contribution >= 0.6 is 11.3 Å². The number of amides is 3. The van der Waals surface area contributed by atoms with Gasteiger partial charge in [-0.2, -0.15) is 0 Å². The fourth-order valence-corrected chi connectivity index (χ4v) is 8.26. The first kappa shape index (κ1) is 45.2. The summed E-state index contributed by atoms with van der Waals surface area (Å²) in [5, 5.41) is 19.6. The lowest BCUT2D eigenvalue weighted by atomic mass is 9.85. The SMILES string of the molecule is CC[C@H](C)[C@@H]([C@@H](CC(=O)N1CCC[C@H]1[C@H](OC)[C@@H](C)C(=O)C[C@@H](Cc1ccccc1)c1nccs1)OC)N(C)C(=O)[C@@H](NC(=O)C(C)(C)NC)C(C)(C)O. The molecule has 0 radical (unpaired) electrons. The number of ketones is 1. The molecule has 0 unspecified atom stereocenters. The van der Waals surface area contributed by atoms with Crippen molar-refractivity contribution in [3.8, 4) is 0 Å².